The second kappa shape index (κ2) is 6.99. The van der Waals surface area contributed by atoms with Crippen molar-refractivity contribution in [3.63, 3.8) is 0 Å². The number of hydrogen-bond acceptors (Lipinski definition) is 2. The van der Waals surface area contributed by atoms with Crippen LogP contribution < -0.4 is 10.6 Å². The molecule has 0 spiro atoms. The average molecular weight is 252 g/mol. The minimum Gasteiger partial charge on any atom is -0.376 e. The Hall–Kier alpha value is -1.58. The quantitative estimate of drug-likeness (QED) is 0.817. The lowest BCUT2D eigenvalue weighted by Crippen LogP contribution is -2.31. The summed E-state index contributed by atoms with van der Waals surface area (Å²) in [5.41, 5.74) is 1.22. The lowest BCUT2D eigenvalue weighted by Gasteiger charge is -2.09. The molecular weight excluding hydrogens is 231 g/mol. The molecule has 18 heavy (non-hydrogen) atoms. The molecule has 0 aliphatic rings. The van der Waals surface area contributed by atoms with Crippen molar-refractivity contribution < 1.29 is 9.18 Å². The third-order valence-electron chi connectivity index (χ3n) is 2.67. The van der Waals surface area contributed by atoms with Crippen LogP contribution in [-0.4, -0.2) is 19.0 Å². The summed E-state index contributed by atoms with van der Waals surface area (Å²) in [7, 11) is 0. The fraction of sp³-hybridized carbons (Fsp3) is 0.500. The van der Waals surface area contributed by atoms with Crippen LogP contribution in [0.4, 0.5) is 10.1 Å². The number of carbonyl (C=O) groups excluding carboxylic acids is 1. The molecule has 0 radical (unpaired) electrons. The topological polar surface area (TPSA) is 41.1 Å². The zero-order chi connectivity index (χ0) is 13.5. The van der Waals surface area contributed by atoms with Crippen molar-refractivity contribution in [1.82, 2.24) is 5.32 Å². The van der Waals surface area contributed by atoms with Crippen LogP contribution >= 0.6 is 0 Å². The fourth-order valence-electron chi connectivity index (χ4n) is 1.45. The molecule has 1 amide bonds. The molecule has 0 unspecified atom stereocenters. The molecule has 0 heterocycles. The maximum Gasteiger partial charge on any atom is 0.239 e. The Bertz CT molecular complexity index is 405. The number of halogens is 1. The molecule has 100 valence electrons. The summed E-state index contributed by atoms with van der Waals surface area (Å²) >= 11 is 0. The summed E-state index contributed by atoms with van der Waals surface area (Å²) in [5, 5.41) is 5.71. The van der Waals surface area contributed by atoms with Gasteiger partial charge in [-0.15, -0.1) is 0 Å². The minimum atomic E-state index is -0.264. The molecule has 0 aliphatic carbocycles. The molecule has 1 rings (SSSR count). The first-order chi connectivity index (χ1) is 8.49. The molecule has 0 saturated heterocycles. The SMILES string of the molecule is Cc1ccc(NCC(=O)NCCC(C)C)cc1F. The molecular formula is C14H21FN2O. The van der Waals surface area contributed by atoms with Gasteiger partial charge in [0.25, 0.3) is 0 Å². The van der Waals surface area contributed by atoms with E-state index >= 15 is 0 Å². The fourth-order valence-corrected chi connectivity index (χ4v) is 1.45. The number of anilines is 1. The second-order valence-electron chi connectivity index (χ2n) is 4.85. The highest BCUT2D eigenvalue weighted by atomic mass is 19.1. The van der Waals surface area contributed by atoms with Crippen LogP contribution in [0, 0.1) is 18.7 Å². The number of hydrogen-bond donors (Lipinski definition) is 2. The normalized spacial score (nSPS) is 10.5. The van der Waals surface area contributed by atoms with Crippen molar-refractivity contribution in [2.45, 2.75) is 27.2 Å². The highest BCUT2D eigenvalue weighted by molar-refractivity contribution is 5.80. The highest BCUT2D eigenvalue weighted by Crippen LogP contribution is 2.12. The minimum absolute atomic E-state index is 0.0726. The number of amides is 1. The monoisotopic (exact) mass is 252 g/mol. The van der Waals surface area contributed by atoms with Crippen molar-refractivity contribution in [3.8, 4) is 0 Å². The third kappa shape index (κ3) is 5.17. The molecule has 0 aliphatic heterocycles. The van der Waals surface area contributed by atoms with E-state index in [1.54, 1.807) is 19.1 Å². The van der Waals surface area contributed by atoms with Crippen molar-refractivity contribution in [3.05, 3.63) is 29.6 Å². The van der Waals surface area contributed by atoms with Crippen LogP contribution in [0.15, 0.2) is 18.2 Å². The summed E-state index contributed by atoms with van der Waals surface area (Å²) < 4.78 is 13.3. The van der Waals surface area contributed by atoms with Gasteiger partial charge in [0.2, 0.25) is 5.91 Å². The molecule has 0 fully saturated rings. The van der Waals surface area contributed by atoms with Gasteiger partial charge in [-0.1, -0.05) is 19.9 Å². The van der Waals surface area contributed by atoms with Crippen LogP contribution in [0.25, 0.3) is 0 Å². The van der Waals surface area contributed by atoms with E-state index in [9.17, 15) is 9.18 Å². The molecule has 2 N–H and O–H groups in total. The Kier molecular flexibility index (Phi) is 5.62. The van der Waals surface area contributed by atoms with E-state index in [-0.39, 0.29) is 18.3 Å². The Morgan fingerprint density at radius 3 is 2.72 bits per heavy atom. The van der Waals surface area contributed by atoms with Gasteiger partial charge in [0, 0.05) is 12.2 Å². The molecule has 4 heteroatoms. The van der Waals surface area contributed by atoms with Crippen molar-refractivity contribution in [2.75, 3.05) is 18.4 Å². The zero-order valence-corrected chi connectivity index (χ0v) is 11.2. The van der Waals surface area contributed by atoms with Crippen LogP contribution in [0.1, 0.15) is 25.8 Å². The summed E-state index contributed by atoms with van der Waals surface area (Å²) in [6, 6.07) is 4.85. The molecule has 0 aromatic heterocycles. The first kappa shape index (κ1) is 14.5. The lowest BCUT2D eigenvalue weighted by molar-refractivity contribution is -0.119. The van der Waals surface area contributed by atoms with Gasteiger partial charge < -0.3 is 10.6 Å². The van der Waals surface area contributed by atoms with E-state index in [0.29, 0.717) is 23.7 Å². The van der Waals surface area contributed by atoms with E-state index in [2.05, 4.69) is 24.5 Å². The molecule has 3 nitrogen and oxygen atoms in total. The van der Waals surface area contributed by atoms with E-state index < -0.39 is 0 Å². The largest absolute Gasteiger partial charge is 0.376 e. The van der Waals surface area contributed by atoms with E-state index in [1.165, 1.54) is 6.07 Å². The number of rotatable bonds is 6. The van der Waals surface area contributed by atoms with Crippen LogP contribution in [0.5, 0.6) is 0 Å². The third-order valence-corrected chi connectivity index (χ3v) is 2.67. The molecule has 1 aromatic rings. The highest BCUT2D eigenvalue weighted by Gasteiger charge is 2.03. The second-order valence-corrected chi connectivity index (χ2v) is 4.85. The first-order valence-electron chi connectivity index (χ1n) is 6.25. The molecule has 1 aromatic carbocycles. The summed E-state index contributed by atoms with van der Waals surface area (Å²) in [6.45, 7) is 6.78. The van der Waals surface area contributed by atoms with E-state index in [1.807, 2.05) is 0 Å². The van der Waals surface area contributed by atoms with Gasteiger partial charge >= 0.3 is 0 Å². The average Bonchev–Trinajstić information content (AvgIpc) is 2.30. The molecule has 0 atom stereocenters. The van der Waals surface area contributed by atoms with Gasteiger partial charge in [-0.2, -0.15) is 0 Å². The number of aryl methyl sites for hydroxylation is 1. The lowest BCUT2D eigenvalue weighted by atomic mass is 10.1. The van der Waals surface area contributed by atoms with Crippen LogP contribution in [0.3, 0.4) is 0 Å². The first-order valence-corrected chi connectivity index (χ1v) is 6.25. The molecule has 0 saturated carbocycles. The van der Waals surface area contributed by atoms with Gasteiger partial charge in [-0.3, -0.25) is 4.79 Å². The van der Waals surface area contributed by atoms with Crippen molar-refractivity contribution >= 4 is 11.6 Å². The van der Waals surface area contributed by atoms with E-state index in [4.69, 9.17) is 0 Å². The zero-order valence-electron chi connectivity index (χ0n) is 11.2. The Morgan fingerprint density at radius 1 is 1.39 bits per heavy atom. The van der Waals surface area contributed by atoms with Crippen molar-refractivity contribution in [2.24, 2.45) is 5.92 Å². The number of benzene rings is 1. The Morgan fingerprint density at radius 2 is 2.11 bits per heavy atom. The van der Waals surface area contributed by atoms with Crippen molar-refractivity contribution in [1.29, 1.82) is 0 Å². The van der Waals surface area contributed by atoms with Gasteiger partial charge in [0.05, 0.1) is 6.54 Å². The summed E-state index contributed by atoms with van der Waals surface area (Å²) in [6.07, 6.45) is 0.963. The van der Waals surface area contributed by atoms with E-state index in [0.717, 1.165) is 6.42 Å². The van der Waals surface area contributed by atoms with Crippen LogP contribution in [0.2, 0.25) is 0 Å². The van der Waals surface area contributed by atoms with Gasteiger partial charge in [0.1, 0.15) is 5.82 Å². The van der Waals surface area contributed by atoms with Gasteiger partial charge in [-0.05, 0) is 37.0 Å². The smallest absolute Gasteiger partial charge is 0.239 e. The van der Waals surface area contributed by atoms with Crippen LogP contribution in [-0.2, 0) is 4.79 Å². The van der Waals surface area contributed by atoms with Gasteiger partial charge in [0.15, 0.2) is 0 Å². The Labute approximate surface area is 108 Å². The maximum atomic E-state index is 13.3. The molecule has 0 bridgehead atoms. The predicted octanol–water partition coefficient (Wildman–Crippen LogP) is 2.71. The number of nitrogens with one attached hydrogen (secondary N) is 2. The summed E-state index contributed by atoms with van der Waals surface area (Å²) in [5.74, 6) is 0.237. The predicted molar refractivity (Wildman–Crippen MR) is 72.1 cm³/mol. The summed E-state index contributed by atoms with van der Waals surface area (Å²) in [4.78, 5) is 11.5. The Balaban J connectivity index is 2.31. The number of carbonyl (C=O) groups is 1. The van der Waals surface area contributed by atoms with Gasteiger partial charge in [-0.25, -0.2) is 4.39 Å². The standard InChI is InChI=1S/C14H21FN2O/c1-10(2)6-7-16-14(18)9-17-12-5-4-11(3)13(15)8-12/h4-5,8,10,17H,6-7,9H2,1-3H3,(H,16,18). The maximum absolute atomic E-state index is 13.3.